The van der Waals surface area contributed by atoms with Crippen LogP contribution in [-0.2, 0) is 6.18 Å². The van der Waals surface area contributed by atoms with Crippen LogP contribution in [0.5, 0.6) is 0 Å². The zero-order valence-corrected chi connectivity index (χ0v) is 7.99. The Kier molecular flexibility index (Phi) is 3.09. The number of nitrogens with one attached hydrogen (secondary N) is 1. The predicted molar refractivity (Wildman–Crippen MR) is 49.7 cm³/mol. The fraction of sp³-hybridized carbons (Fsp3) is 0.125. The Morgan fingerprint density at radius 2 is 2.00 bits per heavy atom. The summed E-state index contributed by atoms with van der Waals surface area (Å²) < 4.78 is 36.6. The molecular weight excluding hydrogens is 233 g/mol. The molecule has 82 valence electrons. The second kappa shape index (κ2) is 3.98. The van der Waals surface area contributed by atoms with E-state index in [0.717, 1.165) is 12.1 Å². The first-order chi connectivity index (χ1) is 6.80. The van der Waals surface area contributed by atoms with Crippen molar-refractivity contribution in [2.75, 3.05) is 5.32 Å². The highest BCUT2D eigenvalue weighted by molar-refractivity contribution is 6.33. The minimum atomic E-state index is -4.46. The normalized spacial score (nSPS) is 11.2. The average molecular weight is 239 g/mol. The fourth-order valence-electron chi connectivity index (χ4n) is 0.926. The van der Waals surface area contributed by atoms with Crippen molar-refractivity contribution in [3.05, 3.63) is 28.8 Å². The standard InChI is InChI=1S/C8H6ClF3N2O/c9-5-3-4(8(10,11)12)1-2-6(5)14-7(13)15/h1-3H,(H3,13,14,15). The lowest BCUT2D eigenvalue weighted by molar-refractivity contribution is -0.137. The first-order valence-corrected chi connectivity index (χ1v) is 4.11. The van der Waals surface area contributed by atoms with Crippen LogP contribution in [0.25, 0.3) is 0 Å². The summed E-state index contributed by atoms with van der Waals surface area (Å²) in [4.78, 5) is 10.4. The fourth-order valence-corrected chi connectivity index (χ4v) is 1.15. The summed E-state index contributed by atoms with van der Waals surface area (Å²) in [5.74, 6) is 0. The van der Waals surface area contributed by atoms with Gasteiger partial charge in [0, 0.05) is 0 Å². The van der Waals surface area contributed by atoms with Crippen molar-refractivity contribution in [3.8, 4) is 0 Å². The summed E-state index contributed by atoms with van der Waals surface area (Å²) in [6, 6.07) is 1.66. The number of primary amides is 1. The molecule has 1 rings (SSSR count). The highest BCUT2D eigenvalue weighted by Crippen LogP contribution is 2.33. The van der Waals surface area contributed by atoms with Crippen LogP contribution in [0.1, 0.15) is 5.56 Å². The molecule has 0 aliphatic carbocycles. The number of hydrogen-bond donors (Lipinski definition) is 2. The minimum absolute atomic E-state index is 0.0390. The average Bonchev–Trinajstić information content (AvgIpc) is 2.05. The van der Waals surface area contributed by atoms with Crippen LogP contribution in [0, 0.1) is 0 Å². The van der Waals surface area contributed by atoms with Gasteiger partial charge in [-0.25, -0.2) is 4.79 Å². The molecule has 3 nitrogen and oxygen atoms in total. The van der Waals surface area contributed by atoms with Gasteiger partial charge in [-0.1, -0.05) is 11.6 Å². The second-order valence-corrected chi connectivity index (χ2v) is 3.09. The number of amides is 2. The number of carbonyl (C=O) groups excluding carboxylic acids is 1. The quantitative estimate of drug-likeness (QED) is 0.777. The smallest absolute Gasteiger partial charge is 0.351 e. The van der Waals surface area contributed by atoms with E-state index in [2.05, 4.69) is 5.32 Å². The highest BCUT2D eigenvalue weighted by Gasteiger charge is 2.30. The topological polar surface area (TPSA) is 55.1 Å². The summed E-state index contributed by atoms with van der Waals surface area (Å²) in [7, 11) is 0. The molecule has 0 heterocycles. The third-order valence-electron chi connectivity index (χ3n) is 1.55. The molecule has 0 aromatic heterocycles. The maximum Gasteiger partial charge on any atom is 0.416 e. The molecule has 2 amide bonds. The molecule has 0 saturated carbocycles. The molecule has 1 aromatic rings. The van der Waals surface area contributed by atoms with Gasteiger partial charge in [0.15, 0.2) is 0 Å². The number of carbonyl (C=O) groups is 1. The van der Waals surface area contributed by atoms with Crippen LogP contribution in [0.2, 0.25) is 5.02 Å². The number of nitrogens with two attached hydrogens (primary N) is 1. The minimum Gasteiger partial charge on any atom is -0.351 e. The Balaban J connectivity index is 3.03. The summed E-state index contributed by atoms with van der Waals surface area (Å²) in [5, 5.41) is 1.87. The largest absolute Gasteiger partial charge is 0.416 e. The molecule has 0 radical (unpaired) electrons. The van der Waals surface area contributed by atoms with Crippen LogP contribution in [0.15, 0.2) is 18.2 Å². The van der Waals surface area contributed by atoms with Gasteiger partial charge in [-0.2, -0.15) is 13.2 Å². The SMILES string of the molecule is NC(=O)Nc1ccc(C(F)(F)F)cc1Cl. The molecule has 0 saturated heterocycles. The molecule has 0 bridgehead atoms. The van der Waals surface area contributed by atoms with Crippen molar-refractivity contribution >= 4 is 23.3 Å². The number of anilines is 1. The van der Waals surface area contributed by atoms with Crippen molar-refractivity contribution in [1.29, 1.82) is 0 Å². The first kappa shape index (κ1) is 11.6. The molecule has 0 unspecified atom stereocenters. The van der Waals surface area contributed by atoms with Gasteiger partial charge < -0.3 is 11.1 Å². The Hall–Kier alpha value is -1.43. The van der Waals surface area contributed by atoms with Gasteiger partial charge in [-0.15, -0.1) is 0 Å². The maximum atomic E-state index is 12.2. The molecule has 7 heteroatoms. The van der Waals surface area contributed by atoms with E-state index in [9.17, 15) is 18.0 Å². The van der Waals surface area contributed by atoms with Gasteiger partial charge in [0.25, 0.3) is 0 Å². The number of benzene rings is 1. The van der Waals surface area contributed by atoms with Crippen LogP contribution in [-0.4, -0.2) is 6.03 Å². The highest BCUT2D eigenvalue weighted by atomic mass is 35.5. The van der Waals surface area contributed by atoms with Crippen molar-refractivity contribution in [2.24, 2.45) is 5.73 Å². The third-order valence-corrected chi connectivity index (χ3v) is 1.87. The predicted octanol–water partition coefficient (Wildman–Crippen LogP) is 2.85. The summed E-state index contributed by atoms with van der Waals surface area (Å²) >= 11 is 5.51. The lowest BCUT2D eigenvalue weighted by Crippen LogP contribution is -2.19. The van der Waals surface area contributed by atoms with Crippen molar-refractivity contribution in [2.45, 2.75) is 6.18 Å². The van der Waals surface area contributed by atoms with Gasteiger partial charge in [0.2, 0.25) is 0 Å². The maximum absolute atomic E-state index is 12.2. The summed E-state index contributed by atoms with van der Waals surface area (Å²) in [6.07, 6.45) is -4.46. The van der Waals surface area contributed by atoms with E-state index >= 15 is 0 Å². The number of rotatable bonds is 1. The third kappa shape index (κ3) is 3.02. The van der Waals surface area contributed by atoms with E-state index in [1.54, 1.807) is 0 Å². The number of urea groups is 1. The lowest BCUT2D eigenvalue weighted by Gasteiger charge is -2.09. The Bertz CT molecular complexity index is 392. The Labute approximate surface area is 88.0 Å². The number of hydrogen-bond acceptors (Lipinski definition) is 1. The van der Waals surface area contributed by atoms with Crippen LogP contribution >= 0.6 is 11.6 Å². The first-order valence-electron chi connectivity index (χ1n) is 3.74. The molecular formula is C8H6ClF3N2O. The zero-order chi connectivity index (χ0) is 11.6. The second-order valence-electron chi connectivity index (χ2n) is 2.68. The van der Waals surface area contributed by atoms with E-state index < -0.39 is 17.8 Å². The Morgan fingerprint density at radius 3 is 2.40 bits per heavy atom. The van der Waals surface area contributed by atoms with Gasteiger partial charge in [-0.3, -0.25) is 0 Å². The van der Waals surface area contributed by atoms with Crippen LogP contribution < -0.4 is 11.1 Å². The molecule has 0 aliphatic rings. The van der Waals surface area contributed by atoms with Gasteiger partial charge in [0.1, 0.15) is 0 Å². The molecule has 0 atom stereocenters. The van der Waals surface area contributed by atoms with Crippen molar-refractivity contribution < 1.29 is 18.0 Å². The van der Waals surface area contributed by atoms with E-state index in [0.29, 0.717) is 6.07 Å². The van der Waals surface area contributed by atoms with Gasteiger partial charge in [-0.05, 0) is 18.2 Å². The molecule has 0 fully saturated rings. The molecule has 1 aromatic carbocycles. The van der Waals surface area contributed by atoms with Gasteiger partial charge in [0.05, 0.1) is 16.3 Å². The molecule has 15 heavy (non-hydrogen) atoms. The zero-order valence-electron chi connectivity index (χ0n) is 7.23. The van der Waals surface area contributed by atoms with E-state index in [4.69, 9.17) is 17.3 Å². The lowest BCUT2D eigenvalue weighted by atomic mass is 10.2. The van der Waals surface area contributed by atoms with E-state index in [1.165, 1.54) is 0 Å². The van der Waals surface area contributed by atoms with E-state index in [-0.39, 0.29) is 10.7 Å². The Morgan fingerprint density at radius 1 is 1.40 bits per heavy atom. The van der Waals surface area contributed by atoms with Crippen LogP contribution in [0.3, 0.4) is 0 Å². The van der Waals surface area contributed by atoms with Crippen molar-refractivity contribution in [3.63, 3.8) is 0 Å². The van der Waals surface area contributed by atoms with Crippen molar-refractivity contribution in [1.82, 2.24) is 0 Å². The number of alkyl halides is 3. The molecule has 3 N–H and O–H groups in total. The van der Waals surface area contributed by atoms with Gasteiger partial charge >= 0.3 is 12.2 Å². The van der Waals surface area contributed by atoms with E-state index in [1.807, 2.05) is 0 Å². The number of halogens is 4. The summed E-state index contributed by atoms with van der Waals surface area (Å²) in [5.41, 5.74) is 3.94. The van der Waals surface area contributed by atoms with Crippen LogP contribution in [0.4, 0.5) is 23.7 Å². The molecule has 0 spiro atoms. The molecule has 0 aliphatic heterocycles. The summed E-state index contributed by atoms with van der Waals surface area (Å²) in [6.45, 7) is 0. The monoisotopic (exact) mass is 238 g/mol.